The van der Waals surface area contributed by atoms with E-state index in [0.717, 1.165) is 45.4 Å². The van der Waals surface area contributed by atoms with Crippen LogP contribution in [0.2, 0.25) is 0 Å². The summed E-state index contributed by atoms with van der Waals surface area (Å²) < 4.78 is 0. The molecule has 0 aromatic heterocycles. The van der Waals surface area contributed by atoms with Crippen LogP contribution in [0.25, 0.3) is 0 Å². The molecule has 1 unspecified atom stereocenters. The van der Waals surface area contributed by atoms with Crippen LogP contribution in [0, 0.1) is 10.8 Å². The molecule has 2 aliphatic rings. The van der Waals surface area contributed by atoms with E-state index in [1.165, 1.54) is 6.42 Å². The van der Waals surface area contributed by atoms with Gasteiger partial charge < -0.3 is 10.2 Å². The highest BCUT2D eigenvalue weighted by atomic mass is 35.5. The van der Waals surface area contributed by atoms with Crippen LogP contribution in [-0.4, -0.2) is 37.0 Å². The largest absolute Gasteiger partial charge is 0.342 e. The van der Waals surface area contributed by atoms with E-state index in [1.54, 1.807) is 0 Å². The molecule has 0 saturated carbocycles. The molecule has 2 saturated heterocycles. The molecule has 1 N–H and O–H groups in total. The van der Waals surface area contributed by atoms with Gasteiger partial charge in [0.25, 0.3) is 0 Å². The number of rotatable bonds is 1. The third kappa shape index (κ3) is 3.39. The second kappa shape index (κ2) is 5.79. The maximum Gasteiger partial charge on any atom is 0.229 e. The number of amides is 1. The van der Waals surface area contributed by atoms with Crippen molar-refractivity contribution in [1.29, 1.82) is 0 Å². The van der Waals surface area contributed by atoms with Gasteiger partial charge in [-0.15, -0.1) is 12.4 Å². The number of hydrogen-bond donors (Lipinski definition) is 1. The number of hydrogen-bond acceptors (Lipinski definition) is 2. The van der Waals surface area contributed by atoms with Gasteiger partial charge in [-0.05, 0) is 44.6 Å². The number of nitrogens with zero attached hydrogens (tertiary/aromatic N) is 1. The molecule has 2 heterocycles. The van der Waals surface area contributed by atoms with Gasteiger partial charge in [0, 0.05) is 19.6 Å². The predicted octanol–water partition coefficient (Wildman–Crippen LogP) is 2.45. The first-order valence-corrected chi connectivity index (χ1v) is 6.93. The van der Waals surface area contributed by atoms with E-state index < -0.39 is 0 Å². The summed E-state index contributed by atoms with van der Waals surface area (Å²) in [6.45, 7) is 10.5. The Kier molecular flexibility index (Phi) is 5.07. The van der Waals surface area contributed by atoms with Gasteiger partial charge in [0.2, 0.25) is 5.91 Å². The van der Waals surface area contributed by atoms with Crippen molar-refractivity contribution in [3.05, 3.63) is 0 Å². The summed E-state index contributed by atoms with van der Waals surface area (Å²) in [4.78, 5) is 14.8. The molecule has 0 radical (unpaired) electrons. The van der Waals surface area contributed by atoms with E-state index in [4.69, 9.17) is 0 Å². The number of piperidine rings is 2. The Hall–Kier alpha value is -0.280. The molecular formula is C14H27ClN2O. The van der Waals surface area contributed by atoms with Crippen LogP contribution in [0.5, 0.6) is 0 Å². The van der Waals surface area contributed by atoms with Gasteiger partial charge in [-0.3, -0.25) is 4.79 Å². The average Bonchev–Trinajstić information content (AvgIpc) is 2.27. The molecule has 0 aromatic carbocycles. The first-order valence-electron chi connectivity index (χ1n) is 6.93. The molecule has 1 atom stereocenters. The molecule has 4 heteroatoms. The van der Waals surface area contributed by atoms with Crippen LogP contribution in [0.4, 0.5) is 0 Å². The number of halogens is 1. The predicted molar refractivity (Wildman–Crippen MR) is 77.1 cm³/mol. The SMILES string of the molecule is CC1(C)CCCN(C(=O)C2(C)CCCNC2)C1.Cl. The Morgan fingerprint density at radius 2 is 1.89 bits per heavy atom. The van der Waals surface area contributed by atoms with Gasteiger partial charge in [0.15, 0.2) is 0 Å². The highest BCUT2D eigenvalue weighted by Gasteiger charge is 2.40. The molecule has 2 rings (SSSR count). The molecule has 0 aromatic rings. The lowest BCUT2D eigenvalue weighted by atomic mass is 9.78. The van der Waals surface area contributed by atoms with Crippen molar-refractivity contribution in [2.24, 2.45) is 10.8 Å². The second-order valence-electron chi connectivity index (χ2n) is 6.84. The lowest BCUT2D eigenvalue weighted by molar-refractivity contribution is -0.145. The Bertz CT molecular complexity index is 298. The van der Waals surface area contributed by atoms with Crippen molar-refractivity contribution < 1.29 is 4.79 Å². The molecule has 3 nitrogen and oxygen atoms in total. The van der Waals surface area contributed by atoms with E-state index in [0.29, 0.717) is 11.3 Å². The van der Waals surface area contributed by atoms with Crippen molar-refractivity contribution in [1.82, 2.24) is 10.2 Å². The smallest absolute Gasteiger partial charge is 0.229 e. The van der Waals surface area contributed by atoms with Crippen LogP contribution < -0.4 is 5.32 Å². The van der Waals surface area contributed by atoms with Crippen LogP contribution in [0.3, 0.4) is 0 Å². The van der Waals surface area contributed by atoms with Gasteiger partial charge in [0.05, 0.1) is 5.41 Å². The molecule has 0 spiro atoms. The Morgan fingerprint density at radius 1 is 1.17 bits per heavy atom. The summed E-state index contributed by atoms with van der Waals surface area (Å²) in [5, 5.41) is 3.37. The van der Waals surface area contributed by atoms with E-state index in [1.807, 2.05) is 0 Å². The molecule has 1 amide bonds. The molecule has 0 aliphatic carbocycles. The maximum absolute atomic E-state index is 12.6. The fourth-order valence-electron chi connectivity index (χ4n) is 3.22. The van der Waals surface area contributed by atoms with Crippen molar-refractivity contribution in [3.63, 3.8) is 0 Å². The van der Waals surface area contributed by atoms with Crippen LogP contribution in [-0.2, 0) is 4.79 Å². The Morgan fingerprint density at radius 3 is 2.44 bits per heavy atom. The first kappa shape index (κ1) is 15.8. The Balaban J connectivity index is 0.00000162. The van der Waals surface area contributed by atoms with Gasteiger partial charge in [-0.2, -0.15) is 0 Å². The van der Waals surface area contributed by atoms with E-state index in [2.05, 4.69) is 31.0 Å². The minimum absolute atomic E-state index is 0. The zero-order chi connectivity index (χ0) is 12.5. The fraction of sp³-hybridized carbons (Fsp3) is 0.929. The number of carbonyl (C=O) groups excluding carboxylic acids is 1. The molecular weight excluding hydrogens is 248 g/mol. The van der Waals surface area contributed by atoms with E-state index in [-0.39, 0.29) is 17.8 Å². The topological polar surface area (TPSA) is 32.3 Å². The molecule has 2 aliphatic heterocycles. The zero-order valence-electron chi connectivity index (χ0n) is 11.9. The van der Waals surface area contributed by atoms with Gasteiger partial charge in [0.1, 0.15) is 0 Å². The lowest BCUT2D eigenvalue weighted by Crippen LogP contribution is -2.53. The van der Waals surface area contributed by atoms with Crippen molar-refractivity contribution in [2.45, 2.75) is 46.5 Å². The van der Waals surface area contributed by atoms with E-state index >= 15 is 0 Å². The third-order valence-electron chi connectivity index (χ3n) is 4.30. The summed E-state index contributed by atoms with van der Waals surface area (Å²) in [6.07, 6.45) is 4.56. The van der Waals surface area contributed by atoms with Gasteiger partial charge in [-0.25, -0.2) is 0 Å². The maximum atomic E-state index is 12.6. The van der Waals surface area contributed by atoms with Gasteiger partial charge in [-0.1, -0.05) is 13.8 Å². The summed E-state index contributed by atoms with van der Waals surface area (Å²) in [5.74, 6) is 0.373. The molecule has 18 heavy (non-hydrogen) atoms. The first-order chi connectivity index (χ1) is 7.93. The summed E-state index contributed by atoms with van der Waals surface area (Å²) in [7, 11) is 0. The van der Waals surface area contributed by atoms with Crippen molar-refractivity contribution in [3.8, 4) is 0 Å². The number of likely N-dealkylation sites (tertiary alicyclic amines) is 1. The highest BCUT2D eigenvalue weighted by Crippen LogP contribution is 2.33. The normalized spacial score (nSPS) is 31.6. The van der Waals surface area contributed by atoms with Gasteiger partial charge >= 0.3 is 0 Å². The van der Waals surface area contributed by atoms with Crippen LogP contribution >= 0.6 is 12.4 Å². The average molecular weight is 275 g/mol. The van der Waals surface area contributed by atoms with Crippen LogP contribution in [0.1, 0.15) is 46.5 Å². The molecule has 0 bridgehead atoms. The van der Waals surface area contributed by atoms with E-state index in [9.17, 15) is 4.79 Å². The third-order valence-corrected chi connectivity index (χ3v) is 4.30. The standard InChI is InChI=1S/C14H26N2O.ClH/c1-13(2)6-5-9-16(11-13)12(17)14(3)7-4-8-15-10-14;/h15H,4-11H2,1-3H3;1H. The Labute approximate surface area is 117 Å². The zero-order valence-corrected chi connectivity index (χ0v) is 12.7. The molecule has 2 fully saturated rings. The van der Waals surface area contributed by atoms with Crippen molar-refractivity contribution >= 4 is 18.3 Å². The summed E-state index contributed by atoms with van der Waals surface area (Å²) in [5.41, 5.74) is 0.137. The monoisotopic (exact) mass is 274 g/mol. The van der Waals surface area contributed by atoms with Crippen LogP contribution in [0.15, 0.2) is 0 Å². The minimum atomic E-state index is -0.161. The summed E-state index contributed by atoms with van der Waals surface area (Å²) >= 11 is 0. The number of carbonyl (C=O) groups is 1. The second-order valence-corrected chi connectivity index (χ2v) is 6.84. The summed E-state index contributed by atoms with van der Waals surface area (Å²) in [6, 6.07) is 0. The quantitative estimate of drug-likeness (QED) is 0.797. The lowest BCUT2D eigenvalue weighted by Gasteiger charge is -2.43. The fourth-order valence-corrected chi connectivity index (χ4v) is 3.22. The minimum Gasteiger partial charge on any atom is -0.342 e. The highest BCUT2D eigenvalue weighted by molar-refractivity contribution is 5.85. The number of nitrogens with one attached hydrogen (secondary N) is 1. The molecule has 106 valence electrons. The van der Waals surface area contributed by atoms with Crippen molar-refractivity contribution in [2.75, 3.05) is 26.2 Å².